The smallest absolute Gasteiger partial charge is 0.0533 e. The molecule has 1 aliphatic rings. The molecule has 7 rings (SSSR count). The minimum absolute atomic E-state index is 0.512. The van der Waals surface area contributed by atoms with Gasteiger partial charge in [0, 0.05) is 44.2 Å². The number of nitrogens with two attached hydrogens (primary N) is 1. The molecule has 0 amide bonds. The minimum atomic E-state index is 0.512. The van der Waals surface area contributed by atoms with E-state index < -0.39 is 0 Å². The quantitative estimate of drug-likeness (QED) is 0.268. The summed E-state index contributed by atoms with van der Waals surface area (Å²) in [6.07, 6.45) is 4.43. The first kappa shape index (κ1) is 21.1. The van der Waals surface area contributed by atoms with E-state index in [1.54, 1.807) is 0 Å². The van der Waals surface area contributed by atoms with Gasteiger partial charge in [0.1, 0.15) is 0 Å². The Morgan fingerprint density at radius 3 is 2.47 bits per heavy atom. The van der Waals surface area contributed by atoms with E-state index in [1.807, 2.05) is 11.3 Å². The van der Waals surface area contributed by atoms with E-state index in [2.05, 4.69) is 121 Å². The van der Waals surface area contributed by atoms with Crippen molar-refractivity contribution in [3.05, 3.63) is 132 Å². The minimum Gasteiger partial charge on any atom is -0.326 e. The van der Waals surface area contributed by atoms with Crippen molar-refractivity contribution in [3.63, 3.8) is 0 Å². The lowest BCUT2D eigenvalue weighted by atomic mass is 9.88. The molecule has 0 aliphatic carbocycles. The van der Waals surface area contributed by atoms with E-state index in [9.17, 15) is 0 Å². The van der Waals surface area contributed by atoms with Crippen LogP contribution in [0.2, 0.25) is 0 Å². The van der Waals surface area contributed by atoms with Gasteiger partial charge in [0.2, 0.25) is 0 Å². The Balaban J connectivity index is 1.52. The summed E-state index contributed by atoms with van der Waals surface area (Å²) in [5, 5.41) is 5.19. The zero-order valence-corrected chi connectivity index (χ0v) is 20.6. The first-order valence-corrected chi connectivity index (χ1v) is 13.0. The van der Waals surface area contributed by atoms with Crippen molar-refractivity contribution in [2.24, 2.45) is 5.73 Å². The molecule has 5 aromatic carbocycles. The molecule has 2 heterocycles. The fourth-order valence-electron chi connectivity index (χ4n) is 5.47. The molecule has 0 atom stereocenters. The van der Waals surface area contributed by atoms with Gasteiger partial charge in [0.25, 0.3) is 0 Å². The van der Waals surface area contributed by atoms with Gasteiger partial charge >= 0.3 is 0 Å². The summed E-state index contributed by atoms with van der Waals surface area (Å²) in [7, 11) is 0. The first-order valence-electron chi connectivity index (χ1n) is 12.1. The lowest BCUT2D eigenvalue weighted by Gasteiger charge is -2.28. The van der Waals surface area contributed by atoms with E-state index in [0.29, 0.717) is 6.54 Å². The van der Waals surface area contributed by atoms with Crippen LogP contribution in [0.15, 0.2) is 110 Å². The van der Waals surface area contributed by atoms with Crippen LogP contribution in [0.1, 0.15) is 22.3 Å². The molecule has 0 spiro atoms. The molecular weight excluding hydrogens is 456 g/mol. The molecule has 2 nitrogen and oxygen atoms in total. The molecule has 1 aromatic heterocycles. The molecule has 172 valence electrons. The molecule has 1 aliphatic heterocycles. The van der Waals surface area contributed by atoms with Crippen LogP contribution in [0.3, 0.4) is 0 Å². The predicted molar refractivity (Wildman–Crippen MR) is 157 cm³/mol. The van der Waals surface area contributed by atoms with Crippen LogP contribution in [0.5, 0.6) is 0 Å². The van der Waals surface area contributed by atoms with E-state index in [-0.39, 0.29) is 0 Å². The van der Waals surface area contributed by atoms with Crippen molar-refractivity contribution in [2.75, 3.05) is 4.90 Å². The average Bonchev–Trinajstić information content (AvgIpc) is 3.31. The molecule has 0 bridgehead atoms. The van der Waals surface area contributed by atoms with Crippen LogP contribution in [-0.4, -0.2) is 0 Å². The third-order valence-corrected chi connectivity index (χ3v) is 8.35. The van der Waals surface area contributed by atoms with Crippen molar-refractivity contribution in [1.82, 2.24) is 0 Å². The number of para-hydroxylation sites is 1. The van der Waals surface area contributed by atoms with Gasteiger partial charge in [-0.1, -0.05) is 73.3 Å². The number of hydrogen-bond acceptors (Lipinski definition) is 3. The Bertz CT molecular complexity index is 1860. The fraction of sp³-hybridized carbons (Fsp3) is 0.0303. The third kappa shape index (κ3) is 3.14. The fourth-order valence-corrected chi connectivity index (χ4v) is 6.59. The van der Waals surface area contributed by atoms with Gasteiger partial charge in [0.15, 0.2) is 0 Å². The van der Waals surface area contributed by atoms with Crippen LogP contribution in [0.25, 0.3) is 42.6 Å². The van der Waals surface area contributed by atoms with Crippen LogP contribution >= 0.6 is 11.3 Å². The molecule has 2 N–H and O–H groups in total. The Morgan fingerprint density at radius 1 is 0.722 bits per heavy atom. The number of hydrogen-bond donors (Lipinski definition) is 1. The lowest BCUT2D eigenvalue weighted by molar-refractivity contribution is 1.07. The summed E-state index contributed by atoms with van der Waals surface area (Å²) >= 11 is 1.86. The van der Waals surface area contributed by atoms with Crippen molar-refractivity contribution < 1.29 is 0 Å². The maximum Gasteiger partial charge on any atom is 0.0533 e. The van der Waals surface area contributed by atoms with Gasteiger partial charge in [-0.05, 0) is 69.4 Å². The van der Waals surface area contributed by atoms with Gasteiger partial charge in [-0.2, -0.15) is 0 Å². The zero-order chi connectivity index (χ0) is 24.2. The Hall–Kier alpha value is -4.18. The van der Waals surface area contributed by atoms with Gasteiger partial charge in [0.05, 0.1) is 5.69 Å². The van der Waals surface area contributed by atoms with Crippen molar-refractivity contribution in [1.29, 1.82) is 0 Å². The average molecular weight is 481 g/mol. The topological polar surface area (TPSA) is 29.3 Å². The number of benzene rings is 5. The SMILES string of the molecule is C=C1c2ccccc2N(c2cccc(CN)c2)/C=C\c2c1ccc1c2ccc2sc3ccccc3c21. The summed E-state index contributed by atoms with van der Waals surface area (Å²) in [6.45, 7) is 5.10. The second-order valence-electron chi connectivity index (χ2n) is 9.21. The molecule has 36 heavy (non-hydrogen) atoms. The van der Waals surface area contributed by atoms with Crippen molar-refractivity contribution in [3.8, 4) is 0 Å². The van der Waals surface area contributed by atoms with Gasteiger partial charge in [-0.15, -0.1) is 11.3 Å². The Kier molecular flexibility index (Phi) is 4.81. The number of thiophene rings is 1. The van der Waals surface area contributed by atoms with E-state index in [0.717, 1.165) is 28.1 Å². The van der Waals surface area contributed by atoms with Crippen LogP contribution in [0, 0.1) is 0 Å². The van der Waals surface area contributed by atoms with Crippen molar-refractivity contribution in [2.45, 2.75) is 6.54 Å². The second-order valence-corrected chi connectivity index (χ2v) is 10.3. The Labute approximate surface area is 214 Å². The van der Waals surface area contributed by atoms with Gasteiger partial charge in [-0.25, -0.2) is 0 Å². The number of rotatable bonds is 2. The van der Waals surface area contributed by atoms with Gasteiger partial charge in [-0.3, -0.25) is 0 Å². The maximum atomic E-state index is 5.97. The highest BCUT2D eigenvalue weighted by atomic mass is 32.1. The summed E-state index contributed by atoms with van der Waals surface area (Å²) < 4.78 is 2.65. The molecule has 0 fully saturated rings. The maximum absolute atomic E-state index is 5.97. The predicted octanol–water partition coefficient (Wildman–Crippen LogP) is 8.85. The molecule has 0 saturated carbocycles. The summed E-state index contributed by atoms with van der Waals surface area (Å²) in [6, 6.07) is 34.7. The Morgan fingerprint density at radius 2 is 1.56 bits per heavy atom. The molecule has 0 saturated heterocycles. The summed E-state index contributed by atoms with van der Waals surface area (Å²) in [5.41, 5.74) is 13.8. The molecule has 0 unspecified atom stereocenters. The molecule has 6 aromatic rings. The summed E-state index contributed by atoms with van der Waals surface area (Å²) in [4.78, 5) is 2.25. The third-order valence-electron chi connectivity index (χ3n) is 7.21. The number of fused-ring (bicyclic) bond motifs is 8. The van der Waals surface area contributed by atoms with Crippen LogP contribution in [-0.2, 0) is 6.54 Å². The monoisotopic (exact) mass is 480 g/mol. The normalized spacial score (nSPS) is 14.0. The largest absolute Gasteiger partial charge is 0.326 e. The highest BCUT2D eigenvalue weighted by Gasteiger charge is 2.20. The van der Waals surface area contributed by atoms with Crippen LogP contribution < -0.4 is 10.6 Å². The van der Waals surface area contributed by atoms with Crippen molar-refractivity contribution >= 4 is 65.3 Å². The van der Waals surface area contributed by atoms with E-state index >= 15 is 0 Å². The highest BCUT2D eigenvalue weighted by molar-refractivity contribution is 7.26. The highest BCUT2D eigenvalue weighted by Crippen LogP contribution is 2.44. The first-order chi connectivity index (χ1) is 17.7. The zero-order valence-electron chi connectivity index (χ0n) is 19.7. The van der Waals surface area contributed by atoms with Crippen LogP contribution in [0.4, 0.5) is 11.4 Å². The second kappa shape index (κ2) is 8.20. The summed E-state index contributed by atoms with van der Waals surface area (Å²) in [5.74, 6) is 0. The molecule has 0 radical (unpaired) electrons. The number of anilines is 2. The molecule has 3 heteroatoms. The molecular formula is C33H24N2S. The number of nitrogens with zero attached hydrogens (tertiary/aromatic N) is 1. The van der Waals surface area contributed by atoms with Gasteiger partial charge < -0.3 is 10.6 Å². The van der Waals surface area contributed by atoms with E-state index in [1.165, 1.54) is 42.1 Å². The van der Waals surface area contributed by atoms with E-state index in [4.69, 9.17) is 5.73 Å². The standard InChI is InChI=1S/C33H24N2S/c1-21-24-13-14-28-26(15-16-32-33(28)29-10-3-5-12-31(29)36-32)27(24)17-18-35(30-11-4-2-9-25(21)30)23-8-6-7-22(19-23)20-34/h2-19H,1,20,34H2/b18-17-. The lowest BCUT2D eigenvalue weighted by Crippen LogP contribution is -2.13.